The quantitative estimate of drug-likeness (QED) is 0.558. The SMILES string of the molecule is Fc1cc(-c2ccccn2)ccc1-c1nc2ccc(Cl)cc2[nH]1. The van der Waals surface area contributed by atoms with Crippen molar-refractivity contribution in [2.45, 2.75) is 0 Å². The van der Waals surface area contributed by atoms with Crippen LogP contribution in [0.25, 0.3) is 33.7 Å². The highest BCUT2D eigenvalue weighted by molar-refractivity contribution is 6.31. The van der Waals surface area contributed by atoms with E-state index in [1.54, 1.807) is 30.5 Å². The van der Waals surface area contributed by atoms with Crippen LogP contribution in [0.1, 0.15) is 0 Å². The molecule has 0 radical (unpaired) electrons. The molecule has 2 heterocycles. The van der Waals surface area contributed by atoms with Crippen LogP contribution in [0, 0.1) is 5.82 Å². The standard InChI is InChI=1S/C18H11ClFN3/c19-12-5-7-16-17(10-12)23-18(22-16)13-6-4-11(9-14(13)20)15-3-1-2-8-21-15/h1-10H,(H,22,23). The molecule has 0 unspecified atom stereocenters. The van der Waals surface area contributed by atoms with Gasteiger partial charge >= 0.3 is 0 Å². The van der Waals surface area contributed by atoms with Gasteiger partial charge in [-0.05, 0) is 42.5 Å². The summed E-state index contributed by atoms with van der Waals surface area (Å²) in [6.07, 6.45) is 1.68. The Morgan fingerprint density at radius 2 is 1.91 bits per heavy atom. The van der Waals surface area contributed by atoms with Gasteiger partial charge < -0.3 is 4.98 Å². The van der Waals surface area contributed by atoms with E-state index < -0.39 is 0 Å². The van der Waals surface area contributed by atoms with Crippen molar-refractivity contribution < 1.29 is 4.39 Å². The molecule has 0 fully saturated rings. The lowest BCUT2D eigenvalue weighted by molar-refractivity contribution is 0.630. The molecule has 0 spiro atoms. The maximum Gasteiger partial charge on any atom is 0.141 e. The fourth-order valence-corrected chi connectivity index (χ4v) is 2.68. The van der Waals surface area contributed by atoms with Gasteiger partial charge in [0.25, 0.3) is 0 Å². The highest BCUT2D eigenvalue weighted by Crippen LogP contribution is 2.27. The van der Waals surface area contributed by atoms with Crippen molar-refractivity contribution in [1.29, 1.82) is 0 Å². The first-order chi connectivity index (χ1) is 11.2. The van der Waals surface area contributed by atoms with Crippen molar-refractivity contribution in [1.82, 2.24) is 15.0 Å². The van der Waals surface area contributed by atoms with Crippen molar-refractivity contribution in [2.24, 2.45) is 0 Å². The summed E-state index contributed by atoms with van der Waals surface area (Å²) in [7, 11) is 0. The van der Waals surface area contributed by atoms with Crippen LogP contribution in [-0.4, -0.2) is 15.0 Å². The summed E-state index contributed by atoms with van der Waals surface area (Å²) in [5, 5.41) is 0.610. The third-order valence-electron chi connectivity index (χ3n) is 3.63. The number of aromatic amines is 1. The molecule has 4 aromatic rings. The normalized spacial score (nSPS) is 11.0. The molecule has 0 aliphatic rings. The molecule has 4 rings (SSSR count). The molecule has 0 aliphatic carbocycles. The maximum absolute atomic E-state index is 14.5. The molecule has 23 heavy (non-hydrogen) atoms. The topological polar surface area (TPSA) is 41.6 Å². The van der Waals surface area contributed by atoms with Crippen LogP contribution in [0.3, 0.4) is 0 Å². The minimum absolute atomic E-state index is 0.349. The van der Waals surface area contributed by atoms with E-state index in [1.165, 1.54) is 6.07 Å². The molecular weight excluding hydrogens is 313 g/mol. The zero-order valence-electron chi connectivity index (χ0n) is 11.9. The van der Waals surface area contributed by atoms with E-state index >= 15 is 0 Å². The van der Waals surface area contributed by atoms with Gasteiger partial charge in [0.05, 0.1) is 22.3 Å². The molecule has 2 aromatic heterocycles. The van der Waals surface area contributed by atoms with E-state index in [4.69, 9.17) is 11.6 Å². The maximum atomic E-state index is 14.5. The smallest absolute Gasteiger partial charge is 0.141 e. The molecule has 1 N–H and O–H groups in total. The molecule has 3 nitrogen and oxygen atoms in total. The summed E-state index contributed by atoms with van der Waals surface area (Å²) in [4.78, 5) is 11.8. The van der Waals surface area contributed by atoms with Crippen molar-refractivity contribution in [3.63, 3.8) is 0 Å². The van der Waals surface area contributed by atoms with Crippen LogP contribution in [0.15, 0.2) is 60.8 Å². The van der Waals surface area contributed by atoms with Gasteiger partial charge in [0.15, 0.2) is 0 Å². The first-order valence-corrected chi connectivity index (χ1v) is 7.45. The Balaban J connectivity index is 1.79. The van der Waals surface area contributed by atoms with Gasteiger partial charge in [0.2, 0.25) is 0 Å². The first-order valence-electron chi connectivity index (χ1n) is 7.07. The Bertz CT molecular complexity index is 996. The largest absolute Gasteiger partial charge is 0.338 e. The molecule has 0 aliphatic heterocycles. The van der Waals surface area contributed by atoms with Crippen LogP contribution in [0.4, 0.5) is 4.39 Å². The van der Waals surface area contributed by atoms with Crippen molar-refractivity contribution >= 4 is 22.6 Å². The minimum atomic E-state index is -0.349. The van der Waals surface area contributed by atoms with Crippen molar-refractivity contribution in [3.8, 4) is 22.6 Å². The van der Waals surface area contributed by atoms with Crippen LogP contribution < -0.4 is 0 Å². The summed E-state index contributed by atoms with van der Waals surface area (Å²) < 4.78 is 14.5. The second-order valence-electron chi connectivity index (χ2n) is 5.16. The number of hydrogen-bond donors (Lipinski definition) is 1. The number of nitrogens with one attached hydrogen (secondary N) is 1. The number of halogens is 2. The Kier molecular flexibility index (Phi) is 3.32. The molecule has 0 atom stereocenters. The first kappa shape index (κ1) is 13.9. The second kappa shape index (κ2) is 5.48. The van der Waals surface area contributed by atoms with Gasteiger partial charge in [-0.2, -0.15) is 0 Å². The Hall–Kier alpha value is -2.72. The summed E-state index contributed by atoms with van der Waals surface area (Å²) in [5.74, 6) is 0.130. The van der Waals surface area contributed by atoms with Gasteiger partial charge in [-0.25, -0.2) is 9.37 Å². The number of pyridine rings is 1. The van der Waals surface area contributed by atoms with E-state index in [1.807, 2.05) is 24.3 Å². The van der Waals surface area contributed by atoms with E-state index in [-0.39, 0.29) is 5.82 Å². The van der Waals surface area contributed by atoms with E-state index in [0.717, 1.165) is 22.3 Å². The average Bonchev–Trinajstić information content (AvgIpc) is 2.98. The third-order valence-corrected chi connectivity index (χ3v) is 3.86. The second-order valence-corrected chi connectivity index (χ2v) is 5.59. The van der Waals surface area contributed by atoms with E-state index in [2.05, 4.69) is 15.0 Å². The summed E-state index contributed by atoms with van der Waals surface area (Å²) in [5.41, 5.74) is 3.40. The highest BCUT2D eigenvalue weighted by atomic mass is 35.5. The Labute approximate surface area is 136 Å². The predicted molar refractivity (Wildman–Crippen MR) is 89.7 cm³/mol. The molecule has 0 saturated carbocycles. The number of rotatable bonds is 2. The molecule has 0 bridgehead atoms. The van der Waals surface area contributed by atoms with E-state index in [0.29, 0.717) is 16.4 Å². The van der Waals surface area contributed by atoms with Gasteiger partial charge in [-0.1, -0.05) is 23.7 Å². The van der Waals surface area contributed by atoms with Gasteiger partial charge in [-0.15, -0.1) is 0 Å². The molecule has 0 saturated heterocycles. The fourth-order valence-electron chi connectivity index (χ4n) is 2.51. The Morgan fingerprint density at radius 3 is 2.70 bits per heavy atom. The van der Waals surface area contributed by atoms with Crippen molar-refractivity contribution in [3.05, 3.63) is 71.6 Å². The van der Waals surface area contributed by atoms with Gasteiger partial charge in [0, 0.05) is 16.8 Å². The summed E-state index contributed by atoms with van der Waals surface area (Å²) in [6, 6.07) is 15.9. The monoisotopic (exact) mass is 323 g/mol. The highest BCUT2D eigenvalue weighted by Gasteiger charge is 2.12. The lowest BCUT2D eigenvalue weighted by Gasteiger charge is -2.04. The summed E-state index contributed by atoms with van der Waals surface area (Å²) >= 11 is 5.97. The molecule has 5 heteroatoms. The van der Waals surface area contributed by atoms with Gasteiger partial charge in [-0.3, -0.25) is 4.98 Å². The zero-order chi connectivity index (χ0) is 15.8. The Morgan fingerprint density at radius 1 is 1.00 bits per heavy atom. The molecular formula is C18H11ClFN3. The molecule has 0 amide bonds. The van der Waals surface area contributed by atoms with Crippen LogP contribution >= 0.6 is 11.6 Å². The zero-order valence-corrected chi connectivity index (χ0v) is 12.7. The number of imidazole rings is 1. The lowest BCUT2D eigenvalue weighted by atomic mass is 10.1. The molecule has 112 valence electrons. The number of aromatic nitrogens is 3. The summed E-state index contributed by atoms with van der Waals surface area (Å²) in [6.45, 7) is 0. The van der Waals surface area contributed by atoms with Crippen LogP contribution in [0.5, 0.6) is 0 Å². The number of benzene rings is 2. The fraction of sp³-hybridized carbons (Fsp3) is 0. The molecule has 2 aromatic carbocycles. The number of H-pyrrole nitrogens is 1. The average molecular weight is 324 g/mol. The van der Waals surface area contributed by atoms with Crippen molar-refractivity contribution in [2.75, 3.05) is 0 Å². The van der Waals surface area contributed by atoms with Crippen LogP contribution in [-0.2, 0) is 0 Å². The number of hydrogen-bond acceptors (Lipinski definition) is 2. The van der Waals surface area contributed by atoms with Crippen LogP contribution in [0.2, 0.25) is 5.02 Å². The number of fused-ring (bicyclic) bond motifs is 1. The van der Waals surface area contributed by atoms with Gasteiger partial charge in [0.1, 0.15) is 11.6 Å². The third kappa shape index (κ3) is 2.58. The minimum Gasteiger partial charge on any atom is -0.338 e. The number of nitrogens with zero attached hydrogens (tertiary/aromatic N) is 2. The van der Waals surface area contributed by atoms with E-state index in [9.17, 15) is 4.39 Å². The lowest BCUT2D eigenvalue weighted by Crippen LogP contribution is -1.89. The predicted octanol–water partition coefficient (Wildman–Crippen LogP) is 5.08.